The Morgan fingerprint density at radius 3 is 2.00 bits per heavy atom. The second kappa shape index (κ2) is 11.1. The number of amides is 2. The lowest BCUT2D eigenvalue weighted by molar-refractivity contribution is -0.136. The standard InChI is InChI=1S/C29H43N3O2/c1-21(22-13-11-10-12-14-22)32(27(34)19-29(5,6)7)20-23-17-24(15-16-25(23)31(8)9)30-26(33)18-28(2,3)4/h10-17,21H,18-20H2,1-9H3,(H,30,33). The fourth-order valence-corrected chi connectivity index (χ4v) is 4.00. The van der Waals surface area contributed by atoms with Crippen LogP contribution in [-0.2, 0) is 16.1 Å². The SMILES string of the molecule is CC(c1ccccc1)N(Cc1cc(NC(=O)CC(C)(C)C)ccc1N(C)C)C(=O)CC(C)(C)C. The zero-order valence-electron chi connectivity index (χ0n) is 22.5. The first-order valence-corrected chi connectivity index (χ1v) is 12.1. The molecule has 0 aliphatic heterocycles. The smallest absolute Gasteiger partial charge is 0.224 e. The maximum absolute atomic E-state index is 13.5. The van der Waals surface area contributed by atoms with Crippen LogP contribution < -0.4 is 10.2 Å². The van der Waals surface area contributed by atoms with Gasteiger partial charge in [0.2, 0.25) is 11.8 Å². The van der Waals surface area contributed by atoms with Gasteiger partial charge in [-0.25, -0.2) is 0 Å². The molecule has 186 valence electrons. The number of hydrogen-bond donors (Lipinski definition) is 1. The zero-order chi connectivity index (χ0) is 25.7. The van der Waals surface area contributed by atoms with Crippen LogP contribution in [0.3, 0.4) is 0 Å². The first-order valence-electron chi connectivity index (χ1n) is 12.1. The van der Waals surface area contributed by atoms with Crippen LogP contribution in [0.1, 0.15) is 78.5 Å². The van der Waals surface area contributed by atoms with E-state index in [0.717, 1.165) is 22.5 Å². The van der Waals surface area contributed by atoms with Crippen molar-refractivity contribution in [3.05, 3.63) is 59.7 Å². The molecule has 1 atom stereocenters. The first kappa shape index (κ1) is 27.4. The fraction of sp³-hybridized carbons (Fsp3) is 0.517. The van der Waals surface area contributed by atoms with Gasteiger partial charge in [-0.05, 0) is 47.1 Å². The van der Waals surface area contributed by atoms with E-state index in [1.54, 1.807) is 0 Å². The van der Waals surface area contributed by atoms with Crippen molar-refractivity contribution in [2.45, 2.75) is 73.9 Å². The van der Waals surface area contributed by atoms with Crippen LogP contribution >= 0.6 is 0 Å². The molecule has 0 fully saturated rings. The molecule has 2 aromatic carbocycles. The Kier molecular flexibility index (Phi) is 8.93. The molecular weight excluding hydrogens is 422 g/mol. The number of hydrogen-bond acceptors (Lipinski definition) is 3. The van der Waals surface area contributed by atoms with Crippen molar-refractivity contribution in [2.24, 2.45) is 10.8 Å². The molecule has 2 rings (SSSR count). The van der Waals surface area contributed by atoms with Crippen molar-refractivity contribution in [2.75, 3.05) is 24.3 Å². The summed E-state index contributed by atoms with van der Waals surface area (Å²) in [5.41, 5.74) is 3.69. The minimum atomic E-state index is -0.112. The van der Waals surface area contributed by atoms with Crippen molar-refractivity contribution in [1.82, 2.24) is 4.90 Å². The molecule has 0 aliphatic rings. The monoisotopic (exact) mass is 465 g/mol. The van der Waals surface area contributed by atoms with Gasteiger partial charge in [0.25, 0.3) is 0 Å². The van der Waals surface area contributed by atoms with E-state index >= 15 is 0 Å². The van der Waals surface area contributed by atoms with E-state index in [2.05, 4.69) is 70.8 Å². The molecule has 0 radical (unpaired) electrons. The van der Waals surface area contributed by atoms with Crippen molar-refractivity contribution in [3.8, 4) is 0 Å². The van der Waals surface area contributed by atoms with E-state index in [4.69, 9.17) is 0 Å². The number of nitrogens with one attached hydrogen (secondary N) is 1. The average Bonchev–Trinajstić information content (AvgIpc) is 2.69. The third-order valence-corrected chi connectivity index (χ3v) is 5.63. The number of benzene rings is 2. The van der Waals surface area contributed by atoms with Crippen molar-refractivity contribution >= 4 is 23.2 Å². The van der Waals surface area contributed by atoms with Crippen LogP contribution in [0, 0.1) is 10.8 Å². The first-order chi connectivity index (χ1) is 15.7. The molecule has 0 heterocycles. The van der Waals surface area contributed by atoms with Crippen molar-refractivity contribution in [1.29, 1.82) is 0 Å². The van der Waals surface area contributed by atoms with Crippen LogP contribution in [-0.4, -0.2) is 30.8 Å². The average molecular weight is 466 g/mol. The molecule has 5 heteroatoms. The van der Waals surface area contributed by atoms with Gasteiger partial charge < -0.3 is 15.1 Å². The van der Waals surface area contributed by atoms with E-state index in [-0.39, 0.29) is 28.7 Å². The minimum Gasteiger partial charge on any atom is -0.377 e. The summed E-state index contributed by atoms with van der Waals surface area (Å²) in [6, 6.07) is 16.0. The maximum Gasteiger partial charge on any atom is 0.224 e. The summed E-state index contributed by atoms with van der Waals surface area (Å²) < 4.78 is 0. The highest BCUT2D eigenvalue weighted by atomic mass is 16.2. The van der Waals surface area contributed by atoms with Gasteiger partial charge in [0, 0.05) is 44.9 Å². The molecule has 0 bridgehead atoms. The van der Waals surface area contributed by atoms with Gasteiger partial charge in [-0.1, -0.05) is 71.9 Å². The van der Waals surface area contributed by atoms with E-state index < -0.39 is 0 Å². The maximum atomic E-state index is 13.5. The highest BCUT2D eigenvalue weighted by molar-refractivity contribution is 5.91. The van der Waals surface area contributed by atoms with Crippen LogP contribution in [0.4, 0.5) is 11.4 Å². The summed E-state index contributed by atoms with van der Waals surface area (Å²) >= 11 is 0. The van der Waals surface area contributed by atoms with Gasteiger partial charge in [-0.3, -0.25) is 9.59 Å². The molecule has 0 saturated heterocycles. The molecule has 2 aromatic rings. The lowest BCUT2D eigenvalue weighted by Crippen LogP contribution is -2.35. The number of carbonyl (C=O) groups is 2. The Morgan fingerprint density at radius 2 is 1.47 bits per heavy atom. The second-order valence-corrected chi connectivity index (χ2v) is 11.9. The highest BCUT2D eigenvalue weighted by Crippen LogP contribution is 2.31. The number of rotatable bonds is 8. The van der Waals surface area contributed by atoms with Gasteiger partial charge >= 0.3 is 0 Å². The Bertz CT molecular complexity index is 969. The molecule has 0 spiro atoms. The molecule has 1 unspecified atom stereocenters. The van der Waals surface area contributed by atoms with Gasteiger partial charge in [-0.15, -0.1) is 0 Å². The summed E-state index contributed by atoms with van der Waals surface area (Å²) in [7, 11) is 4.00. The summed E-state index contributed by atoms with van der Waals surface area (Å²) in [6.45, 7) is 15.0. The van der Waals surface area contributed by atoms with Crippen LogP contribution in [0.2, 0.25) is 0 Å². The predicted octanol–water partition coefficient (Wildman–Crippen LogP) is 6.65. The molecule has 5 nitrogen and oxygen atoms in total. The third-order valence-electron chi connectivity index (χ3n) is 5.63. The summed E-state index contributed by atoms with van der Waals surface area (Å²) in [4.78, 5) is 30.1. The van der Waals surface area contributed by atoms with Crippen LogP contribution in [0.5, 0.6) is 0 Å². The van der Waals surface area contributed by atoms with Gasteiger partial charge in [0.1, 0.15) is 0 Å². The number of carbonyl (C=O) groups excluding carboxylic acids is 2. The predicted molar refractivity (Wildman–Crippen MR) is 143 cm³/mol. The van der Waals surface area contributed by atoms with Gasteiger partial charge in [-0.2, -0.15) is 0 Å². The fourth-order valence-electron chi connectivity index (χ4n) is 4.00. The lowest BCUT2D eigenvalue weighted by atomic mass is 9.91. The van der Waals surface area contributed by atoms with Gasteiger partial charge in [0.05, 0.1) is 6.04 Å². The largest absolute Gasteiger partial charge is 0.377 e. The number of nitrogens with zero attached hydrogens (tertiary/aromatic N) is 2. The summed E-state index contributed by atoms with van der Waals surface area (Å²) in [5, 5.41) is 3.05. The van der Waals surface area contributed by atoms with E-state index in [1.807, 2.05) is 55.4 Å². The Balaban J connectivity index is 2.42. The molecule has 0 saturated carbocycles. The summed E-state index contributed by atoms with van der Waals surface area (Å²) in [5.74, 6) is 0.116. The molecule has 1 N–H and O–H groups in total. The topological polar surface area (TPSA) is 52.7 Å². The minimum absolute atomic E-state index is 0.00521. The zero-order valence-corrected chi connectivity index (χ0v) is 22.5. The quantitative estimate of drug-likeness (QED) is 0.475. The Hall–Kier alpha value is -2.82. The van der Waals surface area contributed by atoms with Gasteiger partial charge in [0.15, 0.2) is 0 Å². The van der Waals surface area contributed by atoms with E-state index in [9.17, 15) is 9.59 Å². The third kappa shape index (κ3) is 8.51. The number of anilines is 2. The molecular formula is C29H43N3O2. The van der Waals surface area contributed by atoms with Crippen molar-refractivity contribution in [3.63, 3.8) is 0 Å². The molecule has 0 aromatic heterocycles. The molecule has 34 heavy (non-hydrogen) atoms. The van der Waals surface area contributed by atoms with Crippen LogP contribution in [0.15, 0.2) is 48.5 Å². The normalized spacial score (nSPS) is 12.7. The van der Waals surface area contributed by atoms with Crippen LogP contribution in [0.25, 0.3) is 0 Å². The van der Waals surface area contributed by atoms with E-state index in [1.165, 1.54) is 0 Å². The van der Waals surface area contributed by atoms with Crippen molar-refractivity contribution < 1.29 is 9.59 Å². The molecule has 2 amide bonds. The highest BCUT2D eigenvalue weighted by Gasteiger charge is 2.27. The molecule has 0 aliphatic carbocycles. The second-order valence-electron chi connectivity index (χ2n) is 11.9. The van der Waals surface area contributed by atoms with E-state index in [0.29, 0.717) is 19.4 Å². The Morgan fingerprint density at radius 1 is 0.882 bits per heavy atom. The summed E-state index contributed by atoms with van der Waals surface area (Å²) in [6.07, 6.45) is 0.905. The Labute approximate surface area is 206 Å². The lowest BCUT2D eigenvalue weighted by Gasteiger charge is -2.33.